The number of esters is 1. The smallest absolute Gasteiger partial charge is 0.315 e. The third kappa shape index (κ3) is 1.95. The van der Waals surface area contributed by atoms with Gasteiger partial charge < -0.3 is 9.84 Å². The number of hydrogen-bond acceptors (Lipinski definition) is 4. The van der Waals surface area contributed by atoms with E-state index in [-0.39, 0.29) is 6.61 Å². The maximum Gasteiger partial charge on any atom is 0.315 e. The highest BCUT2D eigenvalue weighted by Gasteiger charge is 2.71. The van der Waals surface area contributed by atoms with Gasteiger partial charge in [0.05, 0.1) is 12.2 Å². The normalized spacial score (nSPS) is 34.1. The van der Waals surface area contributed by atoms with Crippen LogP contribution in [0.2, 0.25) is 0 Å². The molecule has 1 aliphatic heterocycles. The van der Waals surface area contributed by atoms with Gasteiger partial charge in [-0.05, 0) is 19.1 Å². The third-order valence-corrected chi connectivity index (χ3v) is 4.85. The first-order chi connectivity index (χ1) is 7.85. The van der Waals surface area contributed by atoms with E-state index in [1.165, 1.54) is 11.8 Å². The Balaban J connectivity index is 2.23. The number of carbonyl (C=O) groups is 1. The van der Waals surface area contributed by atoms with Crippen molar-refractivity contribution in [3.8, 4) is 0 Å². The average Bonchev–Trinajstić information content (AvgIpc) is 2.62. The molecule has 2 rings (SSSR count). The Hall–Kier alpha value is -0.360. The molecule has 0 amide bonds. The second-order valence-electron chi connectivity index (χ2n) is 4.85. The number of halogens is 2. The molecule has 1 unspecified atom stereocenters. The molecule has 0 bridgehead atoms. The molecule has 0 aromatic rings. The predicted molar refractivity (Wildman–Crippen MR) is 60.1 cm³/mol. The van der Waals surface area contributed by atoms with Gasteiger partial charge >= 0.3 is 5.97 Å². The van der Waals surface area contributed by atoms with Crippen LogP contribution in [0.5, 0.6) is 0 Å². The molecule has 0 aromatic carbocycles. The first-order valence-corrected chi connectivity index (χ1v) is 6.86. The zero-order valence-electron chi connectivity index (χ0n) is 9.67. The summed E-state index contributed by atoms with van der Waals surface area (Å²) in [4.78, 5) is 11.9. The van der Waals surface area contributed by atoms with Crippen molar-refractivity contribution in [3.63, 3.8) is 0 Å². The minimum Gasteiger partial charge on any atom is -0.465 e. The molecule has 3 nitrogen and oxygen atoms in total. The van der Waals surface area contributed by atoms with Crippen molar-refractivity contribution < 1.29 is 23.4 Å². The van der Waals surface area contributed by atoms with Gasteiger partial charge in [-0.25, -0.2) is 8.78 Å². The van der Waals surface area contributed by atoms with Gasteiger partial charge in [0.2, 0.25) is 0 Å². The summed E-state index contributed by atoms with van der Waals surface area (Å²) >= 11 is 1.49. The Labute approximate surface area is 103 Å². The molecular formula is C11H16F2O3S. The Morgan fingerprint density at radius 2 is 2.12 bits per heavy atom. The van der Waals surface area contributed by atoms with Crippen molar-refractivity contribution in [2.24, 2.45) is 5.41 Å². The van der Waals surface area contributed by atoms with Crippen molar-refractivity contribution >= 4 is 17.7 Å². The topological polar surface area (TPSA) is 46.5 Å². The molecule has 1 N–H and O–H groups in total. The maximum atomic E-state index is 13.1. The van der Waals surface area contributed by atoms with E-state index in [0.717, 1.165) is 0 Å². The number of aliphatic hydroxyl groups is 1. The molecule has 1 aliphatic carbocycles. The van der Waals surface area contributed by atoms with Gasteiger partial charge in [0.1, 0.15) is 5.41 Å². The molecule has 2 fully saturated rings. The summed E-state index contributed by atoms with van der Waals surface area (Å²) < 4.78 is 31.1. The van der Waals surface area contributed by atoms with Crippen molar-refractivity contribution in [3.05, 3.63) is 0 Å². The summed E-state index contributed by atoms with van der Waals surface area (Å²) in [5, 5.41) is 10.4. The highest BCUT2D eigenvalue weighted by atomic mass is 32.2. The standard InChI is InChI=1S/C11H16F2O3S/c1-2-16-8(14)9(5-11(12,13)6-9)10(15)3-4-17-7-10/h15H,2-7H2,1H3. The maximum absolute atomic E-state index is 13.1. The lowest BCUT2D eigenvalue weighted by Crippen LogP contribution is -2.64. The summed E-state index contributed by atoms with van der Waals surface area (Å²) in [5.74, 6) is -2.49. The van der Waals surface area contributed by atoms with Crippen LogP contribution in [-0.4, -0.2) is 40.7 Å². The van der Waals surface area contributed by atoms with Crippen LogP contribution in [0, 0.1) is 5.41 Å². The van der Waals surface area contributed by atoms with Crippen LogP contribution in [-0.2, 0) is 9.53 Å². The highest BCUT2D eigenvalue weighted by molar-refractivity contribution is 7.99. The Morgan fingerprint density at radius 1 is 1.47 bits per heavy atom. The molecule has 1 atom stereocenters. The first-order valence-electron chi connectivity index (χ1n) is 5.70. The Kier molecular flexibility index (Phi) is 3.14. The number of thioether (sulfide) groups is 1. The number of carbonyl (C=O) groups excluding carboxylic acids is 1. The molecule has 2 aliphatic rings. The van der Waals surface area contributed by atoms with Gasteiger partial charge in [0.15, 0.2) is 0 Å². The quantitative estimate of drug-likeness (QED) is 0.792. The predicted octanol–water partition coefficient (Wildman–Crippen LogP) is 1.83. The first kappa shape index (κ1) is 13.1. The average molecular weight is 266 g/mol. The molecule has 1 saturated heterocycles. The fourth-order valence-electron chi connectivity index (χ4n) is 2.70. The van der Waals surface area contributed by atoms with Crippen LogP contribution in [0.4, 0.5) is 8.78 Å². The van der Waals surface area contributed by atoms with Crippen LogP contribution in [0.3, 0.4) is 0 Å². The van der Waals surface area contributed by atoms with Gasteiger partial charge in [-0.2, -0.15) is 11.8 Å². The molecule has 0 spiro atoms. The number of ether oxygens (including phenoxy) is 1. The lowest BCUT2D eigenvalue weighted by Gasteiger charge is -2.52. The summed E-state index contributed by atoms with van der Waals surface area (Å²) in [6, 6.07) is 0. The Bertz CT molecular complexity index is 319. The minimum absolute atomic E-state index is 0.148. The number of alkyl halides is 2. The lowest BCUT2D eigenvalue weighted by atomic mass is 9.56. The van der Waals surface area contributed by atoms with Crippen LogP contribution in [0.15, 0.2) is 0 Å². The molecule has 1 heterocycles. The summed E-state index contributed by atoms with van der Waals surface area (Å²) in [6.45, 7) is 1.78. The van der Waals surface area contributed by atoms with E-state index < -0.39 is 35.7 Å². The summed E-state index contributed by atoms with van der Waals surface area (Å²) in [7, 11) is 0. The van der Waals surface area contributed by atoms with E-state index in [4.69, 9.17) is 4.74 Å². The van der Waals surface area contributed by atoms with Crippen molar-refractivity contribution in [1.29, 1.82) is 0 Å². The molecule has 1 saturated carbocycles. The van der Waals surface area contributed by atoms with Gasteiger partial charge in [0.25, 0.3) is 5.92 Å². The van der Waals surface area contributed by atoms with Crippen LogP contribution >= 0.6 is 11.8 Å². The van der Waals surface area contributed by atoms with Gasteiger partial charge in [0, 0.05) is 18.6 Å². The molecule has 0 aromatic heterocycles. The van der Waals surface area contributed by atoms with Crippen LogP contribution < -0.4 is 0 Å². The van der Waals surface area contributed by atoms with E-state index in [1.807, 2.05) is 0 Å². The van der Waals surface area contributed by atoms with Crippen molar-refractivity contribution in [2.75, 3.05) is 18.1 Å². The minimum atomic E-state index is -2.85. The van der Waals surface area contributed by atoms with E-state index in [1.54, 1.807) is 6.92 Å². The largest absolute Gasteiger partial charge is 0.465 e. The van der Waals surface area contributed by atoms with E-state index in [9.17, 15) is 18.7 Å². The van der Waals surface area contributed by atoms with Gasteiger partial charge in [-0.15, -0.1) is 0 Å². The van der Waals surface area contributed by atoms with E-state index >= 15 is 0 Å². The molecule has 6 heteroatoms. The SMILES string of the molecule is CCOC(=O)C1(C2(O)CCSC2)CC(F)(F)C1. The second kappa shape index (κ2) is 4.09. The van der Waals surface area contributed by atoms with E-state index in [2.05, 4.69) is 0 Å². The second-order valence-corrected chi connectivity index (χ2v) is 5.95. The number of rotatable bonds is 3. The van der Waals surface area contributed by atoms with Crippen molar-refractivity contribution in [1.82, 2.24) is 0 Å². The molecule has 17 heavy (non-hydrogen) atoms. The van der Waals surface area contributed by atoms with Gasteiger partial charge in [-0.1, -0.05) is 0 Å². The van der Waals surface area contributed by atoms with Gasteiger partial charge in [-0.3, -0.25) is 4.79 Å². The Morgan fingerprint density at radius 3 is 2.53 bits per heavy atom. The molecule has 0 radical (unpaired) electrons. The zero-order valence-corrected chi connectivity index (χ0v) is 10.5. The summed E-state index contributed by atoms with van der Waals surface area (Å²) in [6.07, 6.45) is -0.793. The molecule has 98 valence electrons. The summed E-state index contributed by atoms with van der Waals surface area (Å²) in [5.41, 5.74) is -2.72. The van der Waals surface area contributed by atoms with Crippen LogP contribution in [0.1, 0.15) is 26.2 Å². The van der Waals surface area contributed by atoms with Crippen LogP contribution in [0.25, 0.3) is 0 Å². The third-order valence-electron chi connectivity index (χ3n) is 3.68. The fourth-order valence-corrected chi connectivity index (χ4v) is 4.08. The zero-order chi connectivity index (χ0) is 12.7. The monoisotopic (exact) mass is 266 g/mol. The van der Waals surface area contributed by atoms with E-state index in [0.29, 0.717) is 17.9 Å². The number of hydrogen-bond donors (Lipinski definition) is 1. The molecular weight excluding hydrogens is 250 g/mol. The highest BCUT2D eigenvalue weighted by Crippen LogP contribution is 2.61. The lowest BCUT2D eigenvalue weighted by molar-refractivity contribution is -0.241. The fraction of sp³-hybridized carbons (Fsp3) is 0.909. The van der Waals surface area contributed by atoms with Crippen molar-refractivity contribution in [2.45, 2.75) is 37.7 Å².